The number of aryl methyl sites for hydroxylation is 1. The van der Waals surface area contributed by atoms with E-state index in [1.807, 2.05) is 0 Å². The number of rotatable bonds is 1. The highest BCUT2D eigenvalue weighted by molar-refractivity contribution is 7.22. The molecular formula is C9H8ClNS. The maximum absolute atomic E-state index is 5.82. The molecule has 0 spiro atoms. The van der Waals surface area contributed by atoms with Gasteiger partial charge in [0, 0.05) is 0 Å². The van der Waals surface area contributed by atoms with Crippen LogP contribution in [0, 0.1) is 0 Å². The zero-order valence-corrected chi connectivity index (χ0v) is 8.25. The lowest BCUT2D eigenvalue weighted by atomic mass is 10.1. The summed E-state index contributed by atoms with van der Waals surface area (Å²) in [4.78, 5) is 4.27. The largest absolute Gasteiger partial charge is 0.225 e. The molecule has 0 amide bonds. The molecule has 0 aliphatic heterocycles. The van der Waals surface area contributed by atoms with Gasteiger partial charge in [-0.3, -0.25) is 0 Å². The van der Waals surface area contributed by atoms with Crippen LogP contribution in [0.5, 0.6) is 0 Å². The summed E-state index contributed by atoms with van der Waals surface area (Å²) < 4.78 is 1.81. The average Bonchev–Trinajstić information content (AvgIpc) is 2.44. The Bertz CT molecular complexity index is 408. The summed E-state index contributed by atoms with van der Waals surface area (Å²) >= 11 is 7.36. The van der Waals surface area contributed by atoms with E-state index in [0.717, 1.165) is 11.9 Å². The quantitative estimate of drug-likeness (QED) is 0.682. The number of nitrogens with zero attached hydrogens (tertiary/aromatic N) is 1. The Morgan fingerprint density at radius 1 is 1.50 bits per heavy atom. The molecule has 0 saturated carbocycles. The van der Waals surface area contributed by atoms with Crippen molar-refractivity contribution >= 4 is 33.2 Å². The van der Waals surface area contributed by atoms with Gasteiger partial charge in [0.25, 0.3) is 0 Å². The Kier molecular flexibility index (Phi) is 2.03. The van der Waals surface area contributed by atoms with E-state index >= 15 is 0 Å². The van der Waals surface area contributed by atoms with Gasteiger partial charge in [0.05, 0.1) is 10.2 Å². The van der Waals surface area contributed by atoms with E-state index in [1.165, 1.54) is 21.6 Å². The fraction of sp³-hybridized carbons (Fsp3) is 0.222. The summed E-state index contributed by atoms with van der Waals surface area (Å²) in [5, 5.41) is 0. The zero-order chi connectivity index (χ0) is 8.55. The van der Waals surface area contributed by atoms with Crippen LogP contribution in [0.15, 0.2) is 18.2 Å². The molecule has 0 unspecified atom stereocenters. The van der Waals surface area contributed by atoms with Crippen LogP contribution in [0.25, 0.3) is 10.2 Å². The first-order valence-electron chi connectivity index (χ1n) is 3.85. The van der Waals surface area contributed by atoms with E-state index in [4.69, 9.17) is 11.6 Å². The molecule has 0 aliphatic carbocycles. The highest BCUT2D eigenvalue weighted by atomic mass is 35.5. The van der Waals surface area contributed by atoms with Crippen molar-refractivity contribution in [3.05, 3.63) is 28.2 Å². The molecule has 12 heavy (non-hydrogen) atoms. The predicted molar refractivity (Wildman–Crippen MR) is 54.0 cm³/mol. The van der Waals surface area contributed by atoms with Gasteiger partial charge in [0.15, 0.2) is 4.47 Å². The van der Waals surface area contributed by atoms with E-state index in [0.29, 0.717) is 4.47 Å². The van der Waals surface area contributed by atoms with E-state index in [9.17, 15) is 0 Å². The number of para-hydroxylation sites is 1. The first-order valence-corrected chi connectivity index (χ1v) is 5.04. The molecule has 1 aromatic heterocycles. The number of thiazole rings is 1. The third-order valence-corrected chi connectivity index (χ3v) is 2.98. The van der Waals surface area contributed by atoms with Gasteiger partial charge in [0.2, 0.25) is 0 Å². The van der Waals surface area contributed by atoms with Crippen LogP contribution in [0.1, 0.15) is 12.5 Å². The summed E-state index contributed by atoms with van der Waals surface area (Å²) in [7, 11) is 0. The number of hydrogen-bond acceptors (Lipinski definition) is 2. The molecule has 2 aromatic rings. The topological polar surface area (TPSA) is 12.9 Å². The maximum atomic E-state index is 5.82. The number of benzene rings is 1. The van der Waals surface area contributed by atoms with E-state index in [-0.39, 0.29) is 0 Å². The van der Waals surface area contributed by atoms with Gasteiger partial charge >= 0.3 is 0 Å². The third kappa shape index (κ3) is 1.21. The van der Waals surface area contributed by atoms with E-state index < -0.39 is 0 Å². The summed E-state index contributed by atoms with van der Waals surface area (Å²) in [6, 6.07) is 6.20. The van der Waals surface area contributed by atoms with E-state index in [2.05, 4.69) is 30.1 Å². The fourth-order valence-electron chi connectivity index (χ4n) is 1.26. The van der Waals surface area contributed by atoms with Gasteiger partial charge < -0.3 is 0 Å². The van der Waals surface area contributed by atoms with Crippen molar-refractivity contribution in [2.24, 2.45) is 0 Å². The van der Waals surface area contributed by atoms with Crippen molar-refractivity contribution in [1.29, 1.82) is 0 Å². The van der Waals surface area contributed by atoms with Crippen LogP contribution in [0.3, 0.4) is 0 Å². The Balaban J connectivity index is 2.78. The predicted octanol–water partition coefficient (Wildman–Crippen LogP) is 3.51. The molecule has 1 nitrogen and oxygen atoms in total. The van der Waals surface area contributed by atoms with E-state index in [1.54, 1.807) is 0 Å². The van der Waals surface area contributed by atoms with Gasteiger partial charge in [-0.2, -0.15) is 0 Å². The summed E-state index contributed by atoms with van der Waals surface area (Å²) in [5.41, 5.74) is 2.34. The van der Waals surface area contributed by atoms with Gasteiger partial charge in [-0.05, 0) is 18.1 Å². The molecule has 2 rings (SSSR count). The van der Waals surface area contributed by atoms with Crippen molar-refractivity contribution in [3.63, 3.8) is 0 Å². The van der Waals surface area contributed by atoms with Crippen LogP contribution in [-0.2, 0) is 6.42 Å². The molecular weight excluding hydrogens is 190 g/mol. The van der Waals surface area contributed by atoms with Crippen molar-refractivity contribution in [3.8, 4) is 0 Å². The summed E-state index contributed by atoms with van der Waals surface area (Å²) in [5.74, 6) is 0. The monoisotopic (exact) mass is 197 g/mol. The fourth-order valence-corrected chi connectivity index (χ4v) is 2.34. The standard InChI is InChI=1S/C9H8ClNS/c1-2-6-4-3-5-7-8(6)11-9(10)12-7/h3-5H,2H2,1H3. The normalized spacial score (nSPS) is 10.8. The lowest BCUT2D eigenvalue weighted by Crippen LogP contribution is -1.80. The second-order valence-electron chi connectivity index (χ2n) is 2.58. The lowest BCUT2D eigenvalue weighted by molar-refractivity contribution is 1.15. The number of halogens is 1. The first kappa shape index (κ1) is 8.02. The third-order valence-electron chi connectivity index (χ3n) is 1.86. The van der Waals surface area contributed by atoms with Crippen LogP contribution in [-0.4, -0.2) is 4.98 Å². The number of hydrogen-bond donors (Lipinski definition) is 0. The Hall–Kier alpha value is -0.600. The van der Waals surface area contributed by atoms with Gasteiger partial charge in [-0.1, -0.05) is 30.7 Å². The van der Waals surface area contributed by atoms with Crippen molar-refractivity contribution in [1.82, 2.24) is 4.98 Å². The van der Waals surface area contributed by atoms with Crippen molar-refractivity contribution in [2.45, 2.75) is 13.3 Å². The second-order valence-corrected chi connectivity index (χ2v) is 4.20. The molecule has 1 heterocycles. The second kappa shape index (κ2) is 3.04. The molecule has 62 valence electrons. The molecule has 0 radical (unpaired) electrons. The molecule has 0 saturated heterocycles. The highest BCUT2D eigenvalue weighted by Gasteiger charge is 2.03. The van der Waals surface area contributed by atoms with Crippen molar-refractivity contribution in [2.75, 3.05) is 0 Å². The average molecular weight is 198 g/mol. The Morgan fingerprint density at radius 2 is 2.33 bits per heavy atom. The Morgan fingerprint density at radius 3 is 3.08 bits per heavy atom. The molecule has 0 N–H and O–H groups in total. The number of fused-ring (bicyclic) bond motifs is 1. The molecule has 0 bridgehead atoms. The van der Waals surface area contributed by atoms with Crippen LogP contribution < -0.4 is 0 Å². The van der Waals surface area contributed by atoms with Gasteiger partial charge in [0.1, 0.15) is 0 Å². The van der Waals surface area contributed by atoms with Gasteiger partial charge in [-0.25, -0.2) is 4.98 Å². The first-order chi connectivity index (χ1) is 5.81. The molecule has 0 aliphatic rings. The highest BCUT2D eigenvalue weighted by Crippen LogP contribution is 2.27. The molecule has 0 atom stereocenters. The molecule has 1 aromatic carbocycles. The number of aromatic nitrogens is 1. The smallest absolute Gasteiger partial charge is 0.184 e. The Labute approximate surface area is 80.0 Å². The SMILES string of the molecule is CCc1cccc2sc(Cl)nc12. The zero-order valence-electron chi connectivity index (χ0n) is 6.67. The van der Waals surface area contributed by atoms with Crippen LogP contribution in [0.4, 0.5) is 0 Å². The van der Waals surface area contributed by atoms with Crippen LogP contribution >= 0.6 is 22.9 Å². The minimum Gasteiger partial charge on any atom is -0.225 e. The minimum absolute atomic E-state index is 0.630. The summed E-state index contributed by atoms with van der Waals surface area (Å²) in [6.07, 6.45) is 1.01. The molecule has 0 fully saturated rings. The maximum Gasteiger partial charge on any atom is 0.184 e. The minimum atomic E-state index is 0.630. The lowest BCUT2D eigenvalue weighted by Gasteiger charge is -1.95. The summed E-state index contributed by atoms with van der Waals surface area (Å²) in [6.45, 7) is 2.13. The van der Waals surface area contributed by atoms with Crippen molar-refractivity contribution < 1.29 is 0 Å². The van der Waals surface area contributed by atoms with Crippen LogP contribution in [0.2, 0.25) is 4.47 Å². The van der Waals surface area contributed by atoms with Gasteiger partial charge in [-0.15, -0.1) is 11.3 Å². The molecule has 3 heteroatoms.